The van der Waals surface area contributed by atoms with Gasteiger partial charge in [-0.05, 0) is 90.5 Å². The molecule has 142 valence electrons. The predicted octanol–water partition coefficient (Wildman–Crippen LogP) is 5.82. The summed E-state index contributed by atoms with van der Waals surface area (Å²) >= 11 is 4.02. The van der Waals surface area contributed by atoms with E-state index in [1.807, 2.05) is 23.5 Å². The van der Waals surface area contributed by atoms with Gasteiger partial charge in [-0.15, -0.1) is 23.5 Å². The van der Waals surface area contributed by atoms with E-state index >= 15 is 0 Å². The van der Waals surface area contributed by atoms with Gasteiger partial charge in [0.2, 0.25) is 4.27 Å². The Kier molecular flexibility index (Phi) is 4.81. The van der Waals surface area contributed by atoms with Crippen molar-refractivity contribution in [1.82, 2.24) is 0 Å². The molecule has 0 unspecified atom stereocenters. The standard InChI is InChI=1S/C23H26O2S2/c1-24-18-10-7-17(8-11-18)21-15-20-19-6-3-2-5-16(19)9-12-22(20)25-23(21)26-13-4-14-27-23/h7-12,21H,2-6,13-15H2,1H3/t21-/m0/s1. The maximum absolute atomic E-state index is 6.84. The number of benzene rings is 2. The Morgan fingerprint density at radius 1 is 0.926 bits per heavy atom. The maximum Gasteiger partial charge on any atom is 0.208 e. The second-order valence-electron chi connectivity index (χ2n) is 7.67. The lowest BCUT2D eigenvalue weighted by atomic mass is 9.81. The first kappa shape index (κ1) is 17.8. The van der Waals surface area contributed by atoms with Crippen molar-refractivity contribution in [3.8, 4) is 11.5 Å². The molecule has 1 atom stereocenters. The zero-order valence-electron chi connectivity index (χ0n) is 15.8. The number of hydrogen-bond acceptors (Lipinski definition) is 4. The second kappa shape index (κ2) is 7.29. The molecule has 2 aliphatic heterocycles. The molecular formula is C23H26O2S2. The Morgan fingerprint density at radius 2 is 1.70 bits per heavy atom. The van der Waals surface area contributed by atoms with Gasteiger partial charge in [-0.2, -0.15) is 0 Å². The lowest BCUT2D eigenvalue weighted by molar-refractivity contribution is 0.197. The number of methoxy groups -OCH3 is 1. The Bertz CT molecular complexity index is 825. The average Bonchev–Trinajstić information content (AvgIpc) is 2.74. The highest BCUT2D eigenvalue weighted by molar-refractivity contribution is 8.18. The Balaban J connectivity index is 1.59. The molecule has 3 aliphatic rings. The minimum absolute atomic E-state index is 0.192. The third-order valence-electron chi connectivity index (χ3n) is 6.11. The van der Waals surface area contributed by atoms with E-state index in [0.29, 0.717) is 5.92 Å². The van der Waals surface area contributed by atoms with E-state index in [-0.39, 0.29) is 4.27 Å². The van der Waals surface area contributed by atoms with E-state index in [9.17, 15) is 0 Å². The molecule has 1 saturated heterocycles. The van der Waals surface area contributed by atoms with Crippen LogP contribution in [0.3, 0.4) is 0 Å². The Morgan fingerprint density at radius 3 is 2.48 bits per heavy atom. The van der Waals surface area contributed by atoms with Crippen molar-refractivity contribution in [3.05, 3.63) is 58.7 Å². The molecule has 5 rings (SSSR count). The van der Waals surface area contributed by atoms with Crippen molar-refractivity contribution >= 4 is 23.5 Å². The molecule has 1 fully saturated rings. The highest BCUT2D eigenvalue weighted by atomic mass is 32.2. The van der Waals surface area contributed by atoms with Gasteiger partial charge in [0.15, 0.2) is 0 Å². The minimum atomic E-state index is -0.192. The van der Waals surface area contributed by atoms with Gasteiger partial charge in [0.1, 0.15) is 11.5 Å². The molecule has 0 saturated carbocycles. The maximum atomic E-state index is 6.84. The molecule has 2 aromatic rings. The van der Waals surface area contributed by atoms with Crippen molar-refractivity contribution < 1.29 is 9.47 Å². The molecule has 0 N–H and O–H groups in total. The predicted molar refractivity (Wildman–Crippen MR) is 115 cm³/mol. The van der Waals surface area contributed by atoms with Crippen molar-refractivity contribution in [2.24, 2.45) is 0 Å². The van der Waals surface area contributed by atoms with Crippen LogP contribution in [0.25, 0.3) is 0 Å². The molecule has 0 amide bonds. The molecular weight excluding hydrogens is 372 g/mol. The first-order valence-electron chi connectivity index (χ1n) is 10.0. The SMILES string of the molecule is COc1ccc([C@@H]2Cc3c(ccc4c3CCCC4)OC23SCCCS3)cc1. The summed E-state index contributed by atoms with van der Waals surface area (Å²) in [6.45, 7) is 0. The molecule has 2 heterocycles. The van der Waals surface area contributed by atoms with Gasteiger partial charge in [-0.1, -0.05) is 18.2 Å². The topological polar surface area (TPSA) is 18.5 Å². The zero-order valence-corrected chi connectivity index (χ0v) is 17.5. The summed E-state index contributed by atoms with van der Waals surface area (Å²) in [6.07, 6.45) is 7.43. The Hall–Kier alpha value is -1.26. The smallest absolute Gasteiger partial charge is 0.208 e. The van der Waals surface area contributed by atoms with Crippen molar-refractivity contribution in [3.63, 3.8) is 0 Å². The van der Waals surface area contributed by atoms with Gasteiger partial charge in [-0.3, -0.25) is 0 Å². The fourth-order valence-electron chi connectivity index (χ4n) is 4.70. The summed E-state index contributed by atoms with van der Waals surface area (Å²) in [5.74, 6) is 4.80. The first-order chi connectivity index (χ1) is 13.3. The minimum Gasteiger partial charge on any atom is -0.497 e. The highest BCUT2D eigenvalue weighted by Crippen LogP contribution is 2.57. The summed E-state index contributed by atoms with van der Waals surface area (Å²) in [7, 11) is 1.73. The Labute approximate surface area is 170 Å². The van der Waals surface area contributed by atoms with Crippen LogP contribution < -0.4 is 9.47 Å². The van der Waals surface area contributed by atoms with Crippen molar-refractivity contribution in [1.29, 1.82) is 0 Å². The monoisotopic (exact) mass is 398 g/mol. The van der Waals surface area contributed by atoms with E-state index in [1.165, 1.54) is 54.7 Å². The van der Waals surface area contributed by atoms with Gasteiger partial charge in [0.25, 0.3) is 0 Å². The molecule has 27 heavy (non-hydrogen) atoms. The quantitative estimate of drug-likeness (QED) is 0.634. The third-order valence-corrected chi connectivity index (χ3v) is 9.34. The fraction of sp³-hybridized carbons (Fsp3) is 0.478. The zero-order chi connectivity index (χ0) is 18.3. The molecule has 4 heteroatoms. The normalized spacial score (nSPS) is 23.2. The third kappa shape index (κ3) is 3.15. The summed E-state index contributed by atoms with van der Waals surface area (Å²) in [6, 6.07) is 13.2. The molecule has 1 spiro atoms. The lowest BCUT2D eigenvalue weighted by Gasteiger charge is -2.46. The van der Waals surface area contributed by atoms with Gasteiger partial charge < -0.3 is 9.47 Å². The number of thioether (sulfide) groups is 2. The molecule has 0 aromatic heterocycles. The van der Waals surface area contributed by atoms with Crippen LogP contribution in [-0.4, -0.2) is 22.9 Å². The van der Waals surface area contributed by atoms with Crippen LogP contribution in [0.5, 0.6) is 11.5 Å². The first-order valence-corrected chi connectivity index (χ1v) is 12.0. The summed E-state index contributed by atoms with van der Waals surface area (Å²) in [5, 5.41) is 0. The summed E-state index contributed by atoms with van der Waals surface area (Å²) < 4.78 is 12.0. The van der Waals surface area contributed by atoms with Gasteiger partial charge in [-0.25, -0.2) is 0 Å². The highest BCUT2D eigenvalue weighted by Gasteiger charge is 2.48. The number of ether oxygens (including phenoxy) is 2. The van der Waals surface area contributed by atoms with Crippen LogP contribution in [0.1, 0.15) is 47.4 Å². The van der Waals surface area contributed by atoms with E-state index < -0.39 is 0 Å². The van der Waals surface area contributed by atoms with Crippen LogP contribution >= 0.6 is 23.5 Å². The van der Waals surface area contributed by atoms with E-state index in [1.54, 1.807) is 18.2 Å². The van der Waals surface area contributed by atoms with Crippen LogP contribution in [0.15, 0.2) is 36.4 Å². The van der Waals surface area contributed by atoms with Crippen molar-refractivity contribution in [2.75, 3.05) is 18.6 Å². The van der Waals surface area contributed by atoms with Crippen LogP contribution in [0, 0.1) is 0 Å². The van der Waals surface area contributed by atoms with E-state index in [4.69, 9.17) is 9.47 Å². The van der Waals surface area contributed by atoms with Gasteiger partial charge >= 0.3 is 0 Å². The molecule has 2 aromatic carbocycles. The molecule has 0 bridgehead atoms. The van der Waals surface area contributed by atoms with Crippen molar-refractivity contribution in [2.45, 2.75) is 48.7 Å². The summed E-state index contributed by atoms with van der Waals surface area (Å²) in [5.41, 5.74) is 5.98. The molecule has 0 radical (unpaired) electrons. The largest absolute Gasteiger partial charge is 0.497 e. The van der Waals surface area contributed by atoms with Crippen LogP contribution in [0.4, 0.5) is 0 Å². The number of aryl methyl sites for hydroxylation is 1. The number of rotatable bonds is 2. The molecule has 1 aliphatic carbocycles. The number of fused-ring (bicyclic) bond motifs is 3. The van der Waals surface area contributed by atoms with E-state index in [2.05, 4.69) is 36.4 Å². The van der Waals surface area contributed by atoms with E-state index in [0.717, 1.165) is 17.9 Å². The summed E-state index contributed by atoms with van der Waals surface area (Å²) in [4.78, 5) is 0. The van der Waals surface area contributed by atoms with Crippen LogP contribution in [0.2, 0.25) is 0 Å². The average molecular weight is 399 g/mol. The number of hydrogen-bond donors (Lipinski definition) is 0. The van der Waals surface area contributed by atoms with Gasteiger partial charge in [0, 0.05) is 5.92 Å². The second-order valence-corrected chi connectivity index (χ2v) is 10.5. The molecule has 2 nitrogen and oxygen atoms in total. The fourth-order valence-corrected chi connectivity index (χ4v) is 8.00. The lowest BCUT2D eigenvalue weighted by Crippen LogP contribution is -2.43. The van der Waals surface area contributed by atoms with Crippen LogP contribution in [-0.2, 0) is 19.3 Å². The van der Waals surface area contributed by atoms with Gasteiger partial charge in [0.05, 0.1) is 7.11 Å².